The Bertz CT molecular complexity index is 549. The minimum Gasteiger partial charge on any atom is -0.285 e. The molecule has 0 heterocycles. The molecule has 0 aromatic heterocycles. The molecule has 3 aliphatic carbocycles. The van der Waals surface area contributed by atoms with Crippen molar-refractivity contribution >= 4 is 10.1 Å². The van der Waals surface area contributed by atoms with E-state index in [0.29, 0.717) is 12.3 Å². The van der Waals surface area contributed by atoms with Gasteiger partial charge in [0.15, 0.2) is 0 Å². The van der Waals surface area contributed by atoms with Gasteiger partial charge in [-0.3, -0.25) is 4.55 Å². The highest BCUT2D eigenvalue weighted by molar-refractivity contribution is 7.87. The van der Waals surface area contributed by atoms with Gasteiger partial charge in [-0.1, -0.05) is 56.8 Å². The van der Waals surface area contributed by atoms with Gasteiger partial charge in [-0.2, -0.15) is 8.42 Å². The van der Waals surface area contributed by atoms with E-state index in [-0.39, 0.29) is 5.92 Å². The van der Waals surface area contributed by atoms with Gasteiger partial charge in [0.2, 0.25) is 0 Å². The Morgan fingerprint density at radius 3 is 2.05 bits per heavy atom. The second-order valence-corrected chi connectivity index (χ2v) is 9.05. The summed E-state index contributed by atoms with van der Waals surface area (Å²) in [5.74, 6) is 0.660. The van der Waals surface area contributed by atoms with E-state index in [2.05, 4.69) is 6.08 Å². The number of hydrogen-bond acceptors (Lipinski definition) is 2. The first kappa shape index (κ1) is 16.3. The summed E-state index contributed by atoms with van der Waals surface area (Å²) in [5, 5.41) is 0. The van der Waals surface area contributed by atoms with Crippen molar-refractivity contribution in [2.24, 2.45) is 11.8 Å². The van der Waals surface area contributed by atoms with Crippen molar-refractivity contribution in [1.29, 1.82) is 0 Å². The molecule has 1 N–H and O–H groups in total. The first-order valence-electron chi connectivity index (χ1n) is 8.89. The van der Waals surface area contributed by atoms with E-state index < -0.39 is 14.9 Å². The van der Waals surface area contributed by atoms with E-state index in [9.17, 15) is 13.0 Å². The Morgan fingerprint density at radius 1 is 0.955 bits per heavy atom. The van der Waals surface area contributed by atoms with Crippen molar-refractivity contribution in [3.8, 4) is 0 Å². The highest BCUT2D eigenvalue weighted by Gasteiger charge is 2.48. The SMILES string of the molecule is O=S(=O)(O)C1(C2CCCCC2)C=CC(C2CCCCC2)=CC1. The van der Waals surface area contributed by atoms with E-state index in [0.717, 1.165) is 25.7 Å². The Kier molecular flexibility index (Phi) is 4.79. The molecule has 1 unspecified atom stereocenters. The molecular formula is C18H28O3S. The molecule has 0 saturated heterocycles. The van der Waals surface area contributed by atoms with Gasteiger partial charge in [0.25, 0.3) is 10.1 Å². The molecule has 22 heavy (non-hydrogen) atoms. The lowest BCUT2D eigenvalue weighted by molar-refractivity contribution is 0.282. The van der Waals surface area contributed by atoms with Crippen molar-refractivity contribution < 1.29 is 13.0 Å². The van der Waals surface area contributed by atoms with Crippen molar-refractivity contribution in [1.82, 2.24) is 0 Å². The molecule has 0 radical (unpaired) electrons. The van der Waals surface area contributed by atoms with Gasteiger partial charge < -0.3 is 0 Å². The molecule has 0 bridgehead atoms. The molecule has 3 aliphatic rings. The smallest absolute Gasteiger partial charge is 0.274 e. The second kappa shape index (κ2) is 6.48. The summed E-state index contributed by atoms with van der Waals surface area (Å²) < 4.78 is 33.2. The fourth-order valence-electron chi connectivity index (χ4n) is 4.69. The number of hydrogen-bond donors (Lipinski definition) is 1. The summed E-state index contributed by atoms with van der Waals surface area (Å²) in [6.45, 7) is 0. The predicted octanol–water partition coefficient (Wildman–Crippen LogP) is 4.66. The van der Waals surface area contributed by atoms with E-state index in [4.69, 9.17) is 0 Å². The van der Waals surface area contributed by atoms with Crippen LogP contribution in [0.15, 0.2) is 23.8 Å². The molecule has 4 heteroatoms. The molecule has 3 rings (SSSR count). The quantitative estimate of drug-likeness (QED) is 0.768. The molecule has 124 valence electrons. The maximum Gasteiger partial charge on any atom is 0.274 e. The molecule has 0 aromatic rings. The zero-order chi connectivity index (χ0) is 15.6. The molecule has 2 saturated carbocycles. The van der Waals surface area contributed by atoms with Gasteiger partial charge >= 0.3 is 0 Å². The van der Waals surface area contributed by atoms with Crippen molar-refractivity contribution in [3.05, 3.63) is 23.8 Å². The van der Waals surface area contributed by atoms with E-state index in [1.165, 1.54) is 44.1 Å². The van der Waals surface area contributed by atoms with Crippen molar-refractivity contribution in [2.45, 2.75) is 75.4 Å². The van der Waals surface area contributed by atoms with Crippen LogP contribution >= 0.6 is 0 Å². The highest BCUT2D eigenvalue weighted by Crippen LogP contribution is 2.44. The largest absolute Gasteiger partial charge is 0.285 e. The Hall–Kier alpha value is -0.610. The van der Waals surface area contributed by atoms with Crippen LogP contribution in [-0.2, 0) is 10.1 Å². The Morgan fingerprint density at radius 2 is 1.55 bits per heavy atom. The maximum absolute atomic E-state index is 12.2. The standard InChI is InChI=1S/C18H28O3S/c19-22(20,21)18(17-9-5-2-6-10-17)13-11-16(12-14-18)15-7-3-1-4-8-15/h11-13,15,17H,1-10,14H2,(H,19,20,21). The fraction of sp³-hybridized carbons (Fsp3) is 0.778. The lowest BCUT2D eigenvalue weighted by Crippen LogP contribution is -2.45. The highest BCUT2D eigenvalue weighted by atomic mass is 32.2. The molecule has 3 nitrogen and oxygen atoms in total. The molecule has 2 fully saturated rings. The monoisotopic (exact) mass is 324 g/mol. The maximum atomic E-state index is 12.2. The van der Waals surface area contributed by atoms with Crippen LogP contribution in [0.4, 0.5) is 0 Å². The third-order valence-electron chi connectivity index (χ3n) is 6.07. The fourth-order valence-corrected chi connectivity index (χ4v) is 5.88. The molecule has 0 amide bonds. The normalized spacial score (nSPS) is 32.0. The lowest BCUT2D eigenvalue weighted by atomic mass is 9.74. The van der Waals surface area contributed by atoms with Crippen LogP contribution in [0.3, 0.4) is 0 Å². The summed E-state index contributed by atoms with van der Waals surface area (Å²) in [7, 11) is -4.07. The van der Waals surface area contributed by atoms with Crippen molar-refractivity contribution in [3.63, 3.8) is 0 Å². The number of allylic oxidation sites excluding steroid dienone is 3. The van der Waals surface area contributed by atoms with E-state index in [1.54, 1.807) is 0 Å². The van der Waals surface area contributed by atoms with Crippen LogP contribution in [-0.4, -0.2) is 17.7 Å². The van der Waals surface area contributed by atoms with Crippen LogP contribution in [0, 0.1) is 11.8 Å². The summed E-state index contributed by atoms with van der Waals surface area (Å²) in [4.78, 5) is 0. The van der Waals surface area contributed by atoms with Crippen LogP contribution in [0.1, 0.15) is 70.6 Å². The third-order valence-corrected chi connectivity index (χ3v) is 7.66. The summed E-state index contributed by atoms with van der Waals surface area (Å²) in [5.41, 5.74) is 1.30. The van der Waals surface area contributed by atoms with Gasteiger partial charge in [0, 0.05) is 0 Å². The Balaban J connectivity index is 1.82. The third kappa shape index (κ3) is 3.05. The lowest BCUT2D eigenvalue weighted by Gasteiger charge is -2.39. The Labute approximate surface area is 134 Å². The zero-order valence-electron chi connectivity index (χ0n) is 13.3. The second-order valence-electron chi connectivity index (χ2n) is 7.34. The van der Waals surface area contributed by atoms with E-state index in [1.807, 2.05) is 12.2 Å². The molecule has 0 aliphatic heterocycles. The van der Waals surface area contributed by atoms with Crippen LogP contribution in [0.5, 0.6) is 0 Å². The summed E-state index contributed by atoms with van der Waals surface area (Å²) in [6, 6.07) is 0. The molecule has 0 aromatic carbocycles. The first-order valence-corrected chi connectivity index (χ1v) is 10.3. The first-order chi connectivity index (χ1) is 10.5. The van der Waals surface area contributed by atoms with Gasteiger partial charge in [-0.25, -0.2) is 0 Å². The van der Waals surface area contributed by atoms with E-state index >= 15 is 0 Å². The topological polar surface area (TPSA) is 54.4 Å². The minimum atomic E-state index is -4.07. The molecule has 0 spiro atoms. The van der Waals surface area contributed by atoms with Crippen LogP contribution in [0.2, 0.25) is 0 Å². The number of rotatable bonds is 3. The molecule has 1 atom stereocenters. The van der Waals surface area contributed by atoms with Crippen LogP contribution < -0.4 is 0 Å². The average Bonchev–Trinajstić information content (AvgIpc) is 2.55. The van der Waals surface area contributed by atoms with Gasteiger partial charge in [0.05, 0.1) is 0 Å². The zero-order valence-corrected chi connectivity index (χ0v) is 14.2. The predicted molar refractivity (Wildman–Crippen MR) is 89.3 cm³/mol. The summed E-state index contributed by atoms with van der Waals surface area (Å²) in [6.07, 6.45) is 17.9. The van der Waals surface area contributed by atoms with Gasteiger partial charge in [-0.05, 0) is 49.5 Å². The average molecular weight is 324 g/mol. The summed E-state index contributed by atoms with van der Waals surface area (Å²) >= 11 is 0. The van der Waals surface area contributed by atoms with Crippen molar-refractivity contribution in [2.75, 3.05) is 0 Å². The minimum absolute atomic E-state index is 0.0663. The van der Waals surface area contributed by atoms with Gasteiger partial charge in [0.1, 0.15) is 4.75 Å². The van der Waals surface area contributed by atoms with Gasteiger partial charge in [-0.15, -0.1) is 0 Å². The van der Waals surface area contributed by atoms with Crippen LogP contribution in [0.25, 0.3) is 0 Å². The molecular weight excluding hydrogens is 296 g/mol.